The number of nitrogens with one attached hydrogen (secondary N) is 1. The SMILES string of the molecule is O=C(Nc1cc(C(F)(F)F)cnc1Cl)c1ccncc1. The van der Waals surface area contributed by atoms with Gasteiger partial charge in [-0.05, 0) is 18.2 Å². The maximum absolute atomic E-state index is 12.6. The minimum Gasteiger partial charge on any atom is -0.319 e. The van der Waals surface area contributed by atoms with Crippen LogP contribution in [0.3, 0.4) is 0 Å². The van der Waals surface area contributed by atoms with Gasteiger partial charge in [0.25, 0.3) is 5.91 Å². The van der Waals surface area contributed by atoms with Crippen LogP contribution < -0.4 is 5.32 Å². The van der Waals surface area contributed by atoms with Gasteiger partial charge in [0.05, 0.1) is 11.3 Å². The van der Waals surface area contributed by atoms with Crippen molar-refractivity contribution in [2.45, 2.75) is 6.18 Å². The molecule has 20 heavy (non-hydrogen) atoms. The third-order valence-electron chi connectivity index (χ3n) is 2.36. The first kappa shape index (κ1) is 14.3. The summed E-state index contributed by atoms with van der Waals surface area (Å²) in [5.74, 6) is -0.601. The number of anilines is 1. The van der Waals surface area contributed by atoms with E-state index >= 15 is 0 Å². The highest BCUT2D eigenvalue weighted by molar-refractivity contribution is 6.32. The fourth-order valence-corrected chi connectivity index (χ4v) is 1.54. The summed E-state index contributed by atoms with van der Waals surface area (Å²) in [7, 11) is 0. The van der Waals surface area contributed by atoms with Crippen LogP contribution in [0.1, 0.15) is 15.9 Å². The van der Waals surface area contributed by atoms with Gasteiger partial charge >= 0.3 is 6.18 Å². The molecule has 0 radical (unpaired) electrons. The van der Waals surface area contributed by atoms with Crippen molar-refractivity contribution in [1.82, 2.24) is 9.97 Å². The molecular weight excluding hydrogens is 295 g/mol. The number of rotatable bonds is 2. The maximum Gasteiger partial charge on any atom is 0.417 e. The van der Waals surface area contributed by atoms with Gasteiger partial charge in [-0.2, -0.15) is 13.2 Å². The van der Waals surface area contributed by atoms with Gasteiger partial charge in [-0.25, -0.2) is 4.98 Å². The second-order valence-corrected chi connectivity index (χ2v) is 4.11. The van der Waals surface area contributed by atoms with Crippen molar-refractivity contribution in [2.75, 3.05) is 5.32 Å². The Kier molecular flexibility index (Phi) is 3.89. The van der Waals surface area contributed by atoms with Crippen molar-refractivity contribution in [1.29, 1.82) is 0 Å². The van der Waals surface area contributed by atoms with E-state index in [1.165, 1.54) is 24.5 Å². The second-order valence-electron chi connectivity index (χ2n) is 3.75. The van der Waals surface area contributed by atoms with Crippen LogP contribution in [0.25, 0.3) is 0 Å². The molecular formula is C12H7ClF3N3O. The minimum absolute atomic E-state index is 0.205. The zero-order valence-corrected chi connectivity index (χ0v) is 10.5. The zero-order valence-electron chi connectivity index (χ0n) is 9.78. The third-order valence-corrected chi connectivity index (χ3v) is 2.66. The molecule has 4 nitrogen and oxygen atoms in total. The van der Waals surface area contributed by atoms with Crippen LogP contribution in [-0.4, -0.2) is 15.9 Å². The maximum atomic E-state index is 12.6. The van der Waals surface area contributed by atoms with Crippen molar-refractivity contribution < 1.29 is 18.0 Å². The Morgan fingerprint density at radius 3 is 2.50 bits per heavy atom. The zero-order chi connectivity index (χ0) is 14.8. The molecule has 0 aromatic carbocycles. The molecule has 0 bridgehead atoms. The summed E-state index contributed by atoms with van der Waals surface area (Å²) in [5.41, 5.74) is -0.955. The van der Waals surface area contributed by atoms with Crippen molar-refractivity contribution in [3.05, 3.63) is 53.1 Å². The first-order chi connectivity index (χ1) is 9.38. The fraction of sp³-hybridized carbons (Fsp3) is 0.0833. The molecule has 0 saturated heterocycles. The van der Waals surface area contributed by atoms with Crippen LogP contribution in [0, 0.1) is 0 Å². The quantitative estimate of drug-likeness (QED) is 0.865. The van der Waals surface area contributed by atoms with Gasteiger partial charge in [0.1, 0.15) is 0 Å². The largest absolute Gasteiger partial charge is 0.417 e. The molecule has 0 fully saturated rings. The lowest BCUT2D eigenvalue weighted by Gasteiger charge is -2.10. The van der Waals surface area contributed by atoms with Crippen LogP contribution in [0.5, 0.6) is 0 Å². The van der Waals surface area contributed by atoms with E-state index in [2.05, 4.69) is 15.3 Å². The molecule has 0 spiro atoms. The average molecular weight is 302 g/mol. The molecule has 2 heterocycles. The first-order valence-corrected chi connectivity index (χ1v) is 5.70. The lowest BCUT2D eigenvalue weighted by Crippen LogP contribution is -2.14. The number of halogens is 4. The van der Waals surface area contributed by atoms with Gasteiger partial charge < -0.3 is 5.32 Å². The van der Waals surface area contributed by atoms with Crippen LogP contribution in [0.4, 0.5) is 18.9 Å². The van der Waals surface area contributed by atoms with Gasteiger partial charge in [0.15, 0.2) is 5.15 Å². The molecule has 1 N–H and O–H groups in total. The Balaban J connectivity index is 2.27. The molecule has 0 aliphatic rings. The predicted octanol–water partition coefficient (Wildman–Crippen LogP) is 3.40. The number of carbonyl (C=O) groups excluding carboxylic acids is 1. The molecule has 0 aliphatic carbocycles. The Labute approximate surface area is 116 Å². The minimum atomic E-state index is -4.56. The van der Waals surface area contributed by atoms with Gasteiger partial charge in [0.2, 0.25) is 0 Å². The van der Waals surface area contributed by atoms with Crippen LogP contribution in [-0.2, 0) is 6.18 Å². The topological polar surface area (TPSA) is 54.9 Å². The predicted molar refractivity (Wildman–Crippen MR) is 66.4 cm³/mol. The molecule has 0 atom stereocenters. The Morgan fingerprint density at radius 1 is 1.25 bits per heavy atom. The van der Waals surface area contributed by atoms with Gasteiger partial charge in [-0.1, -0.05) is 11.6 Å². The van der Waals surface area contributed by atoms with Crippen molar-refractivity contribution in [2.24, 2.45) is 0 Å². The van der Waals surface area contributed by atoms with E-state index in [1.807, 2.05) is 0 Å². The molecule has 1 amide bonds. The Hall–Kier alpha value is -2.15. The van der Waals surface area contributed by atoms with Crippen molar-refractivity contribution >= 4 is 23.2 Å². The molecule has 2 aromatic heterocycles. The van der Waals surface area contributed by atoms with E-state index < -0.39 is 17.6 Å². The summed E-state index contributed by atoms with van der Waals surface area (Å²) in [6, 6.07) is 3.57. The Bertz CT molecular complexity index is 632. The van der Waals surface area contributed by atoms with Gasteiger partial charge in [-0.3, -0.25) is 9.78 Å². The standard InChI is InChI=1S/C12H7ClF3N3O/c13-10-9(5-8(6-18-10)12(14,15)16)19-11(20)7-1-3-17-4-2-7/h1-6H,(H,19,20). The highest BCUT2D eigenvalue weighted by Crippen LogP contribution is 2.32. The molecule has 8 heteroatoms. The monoisotopic (exact) mass is 301 g/mol. The second kappa shape index (κ2) is 5.46. The fourth-order valence-electron chi connectivity index (χ4n) is 1.39. The van der Waals surface area contributed by atoms with Crippen LogP contribution >= 0.6 is 11.6 Å². The molecule has 0 aliphatic heterocycles. The number of nitrogens with zero attached hydrogens (tertiary/aromatic N) is 2. The number of carbonyl (C=O) groups is 1. The van der Waals surface area contributed by atoms with Gasteiger partial charge in [0, 0.05) is 24.2 Å². The smallest absolute Gasteiger partial charge is 0.319 e. The summed E-state index contributed by atoms with van der Waals surface area (Å²) in [4.78, 5) is 19.0. The molecule has 2 aromatic rings. The summed E-state index contributed by atoms with van der Waals surface area (Å²) >= 11 is 5.67. The summed E-state index contributed by atoms with van der Waals surface area (Å²) < 4.78 is 37.7. The molecule has 0 unspecified atom stereocenters. The van der Waals surface area contributed by atoms with Crippen LogP contribution in [0.2, 0.25) is 5.15 Å². The van der Waals surface area contributed by atoms with E-state index in [-0.39, 0.29) is 16.4 Å². The summed E-state index contributed by atoms with van der Waals surface area (Å²) in [6.07, 6.45) is -1.18. The first-order valence-electron chi connectivity index (χ1n) is 5.32. The number of alkyl halides is 3. The Morgan fingerprint density at radius 2 is 1.90 bits per heavy atom. The summed E-state index contributed by atoms with van der Waals surface area (Å²) in [6.45, 7) is 0. The van der Waals surface area contributed by atoms with Crippen molar-refractivity contribution in [3.63, 3.8) is 0 Å². The summed E-state index contributed by atoms with van der Waals surface area (Å²) in [5, 5.41) is 2.06. The molecule has 0 saturated carbocycles. The highest BCUT2D eigenvalue weighted by Gasteiger charge is 2.31. The normalized spacial score (nSPS) is 11.2. The van der Waals surface area contributed by atoms with Crippen LogP contribution in [0.15, 0.2) is 36.8 Å². The lowest BCUT2D eigenvalue weighted by atomic mass is 10.2. The molecule has 104 valence electrons. The average Bonchev–Trinajstić information content (AvgIpc) is 2.41. The van der Waals surface area contributed by atoms with E-state index in [0.717, 1.165) is 6.07 Å². The number of hydrogen-bond acceptors (Lipinski definition) is 3. The third kappa shape index (κ3) is 3.24. The number of hydrogen-bond donors (Lipinski definition) is 1. The van der Waals surface area contributed by atoms with E-state index in [1.54, 1.807) is 0 Å². The van der Waals surface area contributed by atoms with E-state index in [0.29, 0.717) is 6.20 Å². The van der Waals surface area contributed by atoms with Gasteiger partial charge in [-0.15, -0.1) is 0 Å². The van der Waals surface area contributed by atoms with E-state index in [4.69, 9.17) is 11.6 Å². The number of aromatic nitrogens is 2. The number of amides is 1. The van der Waals surface area contributed by atoms with Crippen molar-refractivity contribution in [3.8, 4) is 0 Å². The number of pyridine rings is 2. The van der Waals surface area contributed by atoms with E-state index in [9.17, 15) is 18.0 Å². The highest BCUT2D eigenvalue weighted by atomic mass is 35.5. The lowest BCUT2D eigenvalue weighted by molar-refractivity contribution is -0.137. The molecule has 2 rings (SSSR count).